The Morgan fingerprint density at radius 2 is 1.12 bits per heavy atom. The van der Waals surface area contributed by atoms with E-state index in [1.165, 1.54) is 32.9 Å². The minimum absolute atomic E-state index is 0.646. The van der Waals surface area contributed by atoms with Gasteiger partial charge in [-0.15, -0.1) is 0 Å². The second-order valence-corrected chi connectivity index (χ2v) is 13.1. The summed E-state index contributed by atoms with van der Waals surface area (Å²) in [5, 5.41) is 5.75. The van der Waals surface area contributed by atoms with Gasteiger partial charge in [-0.1, -0.05) is 84.4 Å². The van der Waals surface area contributed by atoms with Crippen molar-refractivity contribution >= 4 is 54.5 Å². The summed E-state index contributed by atoms with van der Waals surface area (Å²) >= 11 is 0. The molecule has 1 aliphatic heterocycles. The first-order valence-corrected chi connectivity index (χ1v) is 16.9. The number of benzene rings is 7. The molecule has 10 aromatic rings. The Morgan fingerprint density at radius 1 is 0.480 bits per heavy atom. The Labute approximate surface area is 287 Å². The SMILES string of the molecule is Cc1ccc2c(c1)-c1nc(-n3c4ccccc4c4cc(-c5ccc6c(c5)c5ccccc5n6-c5ccccc5)ccc43)nc3cccc(c13)O2. The van der Waals surface area contributed by atoms with Crippen LogP contribution in [-0.4, -0.2) is 19.1 Å². The van der Waals surface area contributed by atoms with Crippen LogP contribution in [0.2, 0.25) is 0 Å². The highest BCUT2D eigenvalue weighted by atomic mass is 16.5. The highest BCUT2D eigenvalue weighted by Crippen LogP contribution is 2.46. The second kappa shape index (κ2) is 10.1. The lowest BCUT2D eigenvalue weighted by molar-refractivity contribution is 0.486. The van der Waals surface area contributed by atoms with Crippen LogP contribution < -0.4 is 4.74 Å². The molecule has 0 bridgehead atoms. The van der Waals surface area contributed by atoms with Crippen LogP contribution in [-0.2, 0) is 0 Å². The van der Waals surface area contributed by atoms with E-state index in [9.17, 15) is 0 Å². The van der Waals surface area contributed by atoms with Gasteiger partial charge >= 0.3 is 0 Å². The first-order valence-electron chi connectivity index (χ1n) is 16.9. The van der Waals surface area contributed by atoms with Crippen molar-refractivity contribution < 1.29 is 4.74 Å². The standard InChI is InChI=1S/C45H28N4O/c1-27-18-23-41-35(24-27)44-43-36(14-9-17-42(43)50-41)46-45(47-44)49-38-16-8-6-13-32(38)34-26-29(20-22-40(34)49)28-19-21-39-33(25-28)31-12-5-7-15-37(31)48(39)30-10-3-2-4-11-30/h2-26H,1H3. The van der Waals surface area contributed by atoms with Crippen LogP contribution in [0.15, 0.2) is 152 Å². The van der Waals surface area contributed by atoms with Gasteiger partial charge in [0.05, 0.1) is 38.7 Å². The predicted octanol–water partition coefficient (Wildman–Crippen LogP) is 11.6. The number of aromatic nitrogens is 4. The molecule has 0 aliphatic carbocycles. The molecule has 0 radical (unpaired) electrons. The third kappa shape index (κ3) is 3.83. The van der Waals surface area contributed by atoms with Gasteiger partial charge in [0.2, 0.25) is 5.95 Å². The van der Waals surface area contributed by atoms with Crippen molar-refractivity contribution in [2.75, 3.05) is 0 Å². The highest BCUT2D eigenvalue weighted by Gasteiger charge is 2.25. The minimum atomic E-state index is 0.646. The molecule has 7 aromatic carbocycles. The molecule has 1 aliphatic rings. The Balaban J connectivity index is 1.12. The van der Waals surface area contributed by atoms with E-state index < -0.39 is 0 Å². The molecule has 0 N–H and O–H groups in total. The zero-order valence-corrected chi connectivity index (χ0v) is 27.1. The number of para-hydroxylation sites is 3. The largest absolute Gasteiger partial charge is 0.456 e. The third-order valence-corrected chi connectivity index (χ3v) is 10.2. The van der Waals surface area contributed by atoms with Gasteiger partial charge in [0, 0.05) is 32.8 Å². The fraction of sp³-hybridized carbons (Fsp3) is 0.0222. The average Bonchev–Trinajstić information content (AvgIpc) is 3.68. The van der Waals surface area contributed by atoms with E-state index in [0.717, 1.165) is 66.7 Å². The summed E-state index contributed by atoms with van der Waals surface area (Å²) in [6.07, 6.45) is 0. The van der Waals surface area contributed by atoms with Crippen molar-refractivity contribution in [3.05, 3.63) is 157 Å². The van der Waals surface area contributed by atoms with Gasteiger partial charge in [-0.05, 0) is 90.8 Å². The van der Waals surface area contributed by atoms with E-state index in [-0.39, 0.29) is 0 Å². The van der Waals surface area contributed by atoms with Gasteiger partial charge in [-0.3, -0.25) is 4.57 Å². The lowest BCUT2D eigenvalue weighted by Crippen LogP contribution is -2.06. The molecular weight excluding hydrogens is 613 g/mol. The zero-order valence-electron chi connectivity index (χ0n) is 27.1. The van der Waals surface area contributed by atoms with Gasteiger partial charge in [-0.25, -0.2) is 9.97 Å². The van der Waals surface area contributed by atoms with E-state index in [1.807, 2.05) is 18.2 Å². The summed E-state index contributed by atoms with van der Waals surface area (Å²) in [5.41, 5.74) is 12.0. The van der Waals surface area contributed by atoms with E-state index in [0.29, 0.717) is 5.95 Å². The van der Waals surface area contributed by atoms with Crippen LogP contribution in [0.3, 0.4) is 0 Å². The van der Waals surface area contributed by atoms with Gasteiger partial charge < -0.3 is 9.30 Å². The molecule has 0 fully saturated rings. The van der Waals surface area contributed by atoms with Crippen molar-refractivity contribution in [3.63, 3.8) is 0 Å². The molecule has 50 heavy (non-hydrogen) atoms. The van der Waals surface area contributed by atoms with Crippen molar-refractivity contribution in [1.29, 1.82) is 0 Å². The second-order valence-electron chi connectivity index (χ2n) is 13.1. The number of rotatable bonds is 3. The van der Waals surface area contributed by atoms with Gasteiger partial charge in [-0.2, -0.15) is 0 Å². The summed E-state index contributed by atoms with van der Waals surface area (Å²) in [6, 6.07) is 53.8. The first-order chi connectivity index (χ1) is 24.7. The molecule has 234 valence electrons. The lowest BCUT2D eigenvalue weighted by atomic mass is 10.0. The molecule has 0 unspecified atom stereocenters. The number of fused-ring (bicyclic) bond motifs is 8. The summed E-state index contributed by atoms with van der Waals surface area (Å²) in [5.74, 6) is 2.25. The molecular formula is C45H28N4O. The number of nitrogens with zero attached hydrogens (tertiary/aromatic N) is 4. The molecule has 11 rings (SSSR count). The monoisotopic (exact) mass is 640 g/mol. The first kappa shape index (κ1) is 27.3. The summed E-state index contributed by atoms with van der Waals surface area (Å²) < 4.78 is 10.9. The highest BCUT2D eigenvalue weighted by molar-refractivity contribution is 6.13. The molecule has 0 saturated heterocycles. The molecule has 0 atom stereocenters. The lowest BCUT2D eigenvalue weighted by Gasteiger charge is -2.21. The minimum Gasteiger partial charge on any atom is -0.456 e. The third-order valence-electron chi connectivity index (χ3n) is 10.2. The van der Waals surface area contributed by atoms with Crippen molar-refractivity contribution in [1.82, 2.24) is 19.1 Å². The van der Waals surface area contributed by atoms with Gasteiger partial charge in [0.1, 0.15) is 11.5 Å². The summed E-state index contributed by atoms with van der Waals surface area (Å²) in [4.78, 5) is 10.5. The molecule has 3 aromatic heterocycles. The summed E-state index contributed by atoms with van der Waals surface area (Å²) in [7, 11) is 0. The van der Waals surface area contributed by atoms with Crippen LogP contribution in [0.4, 0.5) is 0 Å². The maximum absolute atomic E-state index is 6.32. The van der Waals surface area contributed by atoms with Crippen LogP contribution in [0.5, 0.6) is 11.5 Å². The molecule has 0 saturated carbocycles. The number of hydrogen-bond donors (Lipinski definition) is 0. The van der Waals surface area contributed by atoms with Crippen LogP contribution in [0.1, 0.15) is 5.56 Å². The zero-order chi connectivity index (χ0) is 32.9. The van der Waals surface area contributed by atoms with Crippen LogP contribution >= 0.6 is 0 Å². The fourth-order valence-electron chi connectivity index (χ4n) is 7.93. The molecule has 0 amide bonds. The topological polar surface area (TPSA) is 44.9 Å². The Hall–Kier alpha value is -6.72. The summed E-state index contributed by atoms with van der Waals surface area (Å²) in [6.45, 7) is 2.10. The van der Waals surface area contributed by atoms with E-state index in [2.05, 4.69) is 150 Å². The normalized spacial score (nSPS) is 12.3. The number of aryl methyl sites for hydroxylation is 1. The Bertz CT molecular complexity index is 3030. The van der Waals surface area contributed by atoms with Gasteiger partial charge in [0.15, 0.2) is 0 Å². The Kier molecular flexibility index (Phi) is 5.53. The maximum Gasteiger partial charge on any atom is 0.235 e. The maximum atomic E-state index is 6.32. The van der Waals surface area contributed by atoms with E-state index in [1.54, 1.807) is 0 Å². The van der Waals surface area contributed by atoms with Crippen molar-refractivity contribution in [2.45, 2.75) is 6.92 Å². The van der Waals surface area contributed by atoms with E-state index >= 15 is 0 Å². The van der Waals surface area contributed by atoms with Crippen LogP contribution in [0.25, 0.3) is 88.5 Å². The quantitative estimate of drug-likeness (QED) is 0.193. The number of ether oxygens (including phenoxy) is 1. The number of hydrogen-bond acceptors (Lipinski definition) is 3. The van der Waals surface area contributed by atoms with Gasteiger partial charge in [0.25, 0.3) is 0 Å². The van der Waals surface area contributed by atoms with Crippen LogP contribution in [0, 0.1) is 6.92 Å². The molecule has 5 heteroatoms. The average molecular weight is 641 g/mol. The molecule has 4 heterocycles. The fourth-order valence-corrected chi connectivity index (χ4v) is 7.93. The van der Waals surface area contributed by atoms with Crippen molar-refractivity contribution in [3.8, 4) is 45.5 Å². The van der Waals surface area contributed by atoms with E-state index in [4.69, 9.17) is 14.7 Å². The molecule has 0 spiro atoms. The molecule has 5 nitrogen and oxygen atoms in total. The smallest absolute Gasteiger partial charge is 0.235 e. The van der Waals surface area contributed by atoms with Crippen molar-refractivity contribution in [2.24, 2.45) is 0 Å². The Morgan fingerprint density at radius 3 is 1.86 bits per heavy atom. The predicted molar refractivity (Wildman–Crippen MR) is 204 cm³/mol.